The Morgan fingerprint density at radius 1 is 0.800 bits per heavy atom. The molecule has 3 rings (SSSR count). The van der Waals surface area contributed by atoms with Crippen LogP contribution < -0.4 is 32.7 Å². The average molecular weight is 340 g/mol. The molecule has 1 heterocycles. The van der Waals surface area contributed by atoms with Crippen LogP contribution in [0.5, 0.6) is 0 Å². The molecule has 0 aromatic heterocycles. The van der Waals surface area contributed by atoms with E-state index in [1.807, 2.05) is 0 Å². The van der Waals surface area contributed by atoms with Crippen LogP contribution >= 0.6 is 0 Å². The summed E-state index contributed by atoms with van der Waals surface area (Å²) in [4.78, 5) is 0. The molecule has 1 aliphatic heterocycles. The number of aryl methyl sites for hydroxylation is 2. The minimum Gasteiger partial charge on any atom is -0.367 e. The highest BCUT2D eigenvalue weighted by Crippen LogP contribution is 2.20. The highest BCUT2D eigenvalue weighted by Gasteiger charge is 2.32. The molecule has 6 nitrogen and oxygen atoms in total. The minimum atomic E-state index is -0.335. The van der Waals surface area contributed by atoms with Crippen molar-refractivity contribution in [1.29, 1.82) is 0 Å². The van der Waals surface area contributed by atoms with Gasteiger partial charge in [-0.05, 0) is 50.1 Å². The standard InChI is InChI=1S/C19H28N6/c1-11-7-9-14(10-8-11)22-18-19(25-17(21)16(20)24-18)23-15-6-4-5-12(2)13(15)3/h4-10,16-19,22-25H,20-21H2,1-3H3. The van der Waals surface area contributed by atoms with Gasteiger partial charge in [-0.2, -0.15) is 0 Å². The molecule has 134 valence electrons. The van der Waals surface area contributed by atoms with Crippen LogP contribution in [0.25, 0.3) is 0 Å². The number of anilines is 2. The van der Waals surface area contributed by atoms with Crippen LogP contribution in [0.2, 0.25) is 0 Å². The lowest BCUT2D eigenvalue weighted by molar-refractivity contribution is 0.244. The van der Waals surface area contributed by atoms with Gasteiger partial charge in [0.2, 0.25) is 0 Å². The molecule has 0 spiro atoms. The monoisotopic (exact) mass is 340 g/mol. The van der Waals surface area contributed by atoms with Gasteiger partial charge in [0.1, 0.15) is 12.3 Å². The maximum Gasteiger partial charge on any atom is 0.113 e. The molecule has 4 unspecified atom stereocenters. The average Bonchev–Trinajstić information content (AvgIpc) is 2.58. The second-order valence-corrected chi connectivity index (χ2v) is 6.74. The van der Waals surface area contributed by atoms with Gasteiger partial charge in [-0.1, -0.05) is 29.8 Å². The van der Waals surface area contributed by atoms with E-state index in [1.165, 1.54) is 16.7 Å². The summed E-state index contributed by atoms with van der Waals surface area (Å²) in [5.41, 5.74) is 18.0. The molecule has 6 heteroatoms. The third-order valence-corrected chi connectivity index (χ3v) is 4.75. The molecule has 0 amide bonds. The fourth-order valence-corrected chi connectivity index (χ4v) is 2.97. The molecule has 25 heavy (non-hydrogen) atoms. The molecule has 0 radical (unpaired) electrons. The van der Waals surface area contributed by atoms with Gasteiger partial charge in [-0.15, -0.1) is 0 Å². The Labute approximate surface area is 149 Å². The number of piperazine rings is 1. The lowest BCUT2D eigenvalue weighted by Crippen LogP contribution is -2.75. The van der Waals surface area contributed by atoms with E-state index in [1.54, 1.807) is 0 Å². The molecular formula is C19H28N6. The number of benzene rings is 2. The molecule has 2 aromatic carbocycles. The Hall–Kier alpha value is -2.12. The topological polar surface area (TPSA) is 100 Å². The van der Waals surface area contributed by atoms with E-state index < -0.39 is 0 Å². The molecule has 8 N–H and O–H groups in total. The molecule has 0 bridgehead atoms. The molecule has 4 atom stereocenters. The highest BCUT2D eigenvalue weighted by atomic mass is 15.4. The van der Waals surface area contributed by atoms with Crippen LogP contribution in [0.4, 0.5) is 11.4 Å². The Morgan fingerprint density at radius 2 is 1.40 bits per heavy atom. The lowest BCUT2D eigenvalue weighted by atomic mass is 10.1. The van der Waals surface area contributed by atoms with E-state index in [-0.39, 0.29) is 24.7 Å². The van der Waals surface area contributed by atoms with Crippen LogP contribution in [0.3, 0.4) is 0 Å². The smallest absolute Gasteiger partial charge is 0.113 e. The van der Waals surface area contributed by atoms with E-state index in [9.17, 15) is 0 Å². The van der Waals surface area contributed by atoms with Crippen LogP contribution in [-0.2, 0) is 0 Å². The molecule has 1 saturated heterocycles. The summed E-state index contributed by atoms with van der Waals surface area (Å²) < 4.78 is 0. The lowest BCUT2D eigenvalue weighted by Gasteiger charge is -2.42. The zero-order chi connectivity index (χ0) is 18.0. The Bertz CT molecular complexity index is 714. The predicted octanol–water partition coefficient (Wildman–Crippen LogP) is 1.55. The predicted molar refractivity (Wildman–Crippen MR) is 104 cm³/mol. The molecule has 0 aliphatic carbocycles. The molecule has 0 saturated carbocycles. The first kappa shape index (κ1) is 17.7. The van der Waals surface area contributed by atoms with Crippen molar-refractivity contribution in [3.8, 4) is 0 Å². The summed E-state index contributed by atoms with van der Waals surface area (Å²) in [6.45, 7) is 6.29. The third-order valence-electron chi connectivity index (χ3n) is 4.75. The van der Waals surface area contributed by atoms with Crippen molar-refractivity contribution >= 4 is 11.4 Å². The van der Waals surface area contributed by atoms with Gasteiger partial charge in [0.15, 0.2) is 0 Å². The molecule has 1 aliphatic rings. The first-order chi connectivity index (χ1) is 11.9. The first-order valence-corrected chi connectivity index (χ1v) is 8.63. The van der Waals surface area contributed by atoms with Crippen molar-refractivity contribution in [1.82, 2.24) is 10.6 Å². The van der Waals surface area contributed by atoms with Gasteiger partial charge in [0, 0.05) is 11.4 Å². The Balaban J connectivity index is 1.80. The normalized spacial score (nSPS) is 26.3. The third kappa shape index (κ3) is 4.11. The van der Waals surface area contributed by atoms with Crippen molar-refractivity contribution in [2.45, 2.75) is 45.4 Å². The van der Waals surface area contributed by atoms with Gasteiger partial charge in [-0.25, -0.2) is 0 Å². The Morgan fingerprint density at radius 3 is 2.04 bits per heavy atom. The van der Waals surface area contributed by atoms with Crippen molar-refractivity contribution in [2.75, 3.05) is 10.6 Å². The number of hydrogen-bond acceptors (Lipinski definition) is 6. The second-order valence-electron chi connectivity index (χ2n) is 6.74. The Kier molecular flexibility index (Phi) is 5.24. The number of rotatable bonds is 4. The van der Waals surface area contributed by atoms with Crippen molar-refractivity contribution in [2.24, 2.45) is 11.5 Å². The SMILES string of the molecule is Cc1ccc(NC2NC(N)C(N)NC2Nc2cccc(C)c2C)cc1. The summed E-state index contributed by atoms with van der Waals surface area (Å²) in [5.74, 6) is 0. The molecular weight excluding hydrogens is 312 g/mol. The maximum absolute atomic E-state index is 6.10. The van der Waals surface area contributed by atoms with Crippen molar-refractivity contribution in [3.63, 3.8) is 0 Å². The van der Waals surface area contributed by atoms with Gasteiger partial charge in [-0.3, -0.25) is 10.6 Å². The number of nitrogens with two attached hydrogens (primary N) is 2. The molecule has 2 aromatic rings. The quantitative estimate of drug-likeness (QED) is 0.505. The number of hydrogen-bond donors (Lipinski definition) is 6. The largest absolute Gasteiger partial charge is 0.367 e. The van der Waals surface area contributed by atoms with Gasteiger partial charge in [0.25, 0.3) is 0 Å². The summed E-state index contributed by atoms with van der Waals surface area (Å²) in [5, 5.41) is 13.8. The van der Waals surface area contributed by atoms with E-state index in [4.69, 9.17) is 11.5 Å². The van der Waals surface area contributed by atoms with Crippen LogP contribution in [0, 0.1) is 20.8 Å². The summed E-state index contributed by atoms with van der Waals surface area (Å²) in [7, 11) is 0. The van der Waals surface area contributed by atoms with E-state index >= 15 is 0 Å². The fraction of sp³-hybridized carbons (Fsp3) is 0.368. The van der Waals surface area contributed by atoms with Crippen LogP contribution in [0.15, 0.2) is 42.5 Å². The van der Waals surface area contributed by atoms with Crippen molar-refractivity contribution < 1.29 is 0 Å². The zero-order valence-electron chi connectivity index (χ0n) is 15.0. The fourth-order valence-electron chi connectivity index (χ4n) is 2.97. The van der Waals surface area contributed by atoms with E-state index in [0.29, 0.717) is 0 Å². The van der Waals surface area contributed by atoms with E-state index in [0.717, 1.165) is 11.4 Å². The highest BCUT2D eigenvalue weighted by molar-refractivity contribution is 5.55. The summed E-state index contributed by atoms with van der Waals surface area (Å²) >= 11 is 0. The second kappa shape index (κ2) is 7.41. The summed E-state index contributed by atoms with van der Waals surface area (Å²) in [6, 6.07) is 14.5. The maximum atomic E-state index is 6.10. The first-order valence-electron chi connectivity index (χ1n) is 8.63. The molecule has 1 fully saturated rings. The van der Waals surface area contributed by atoms with Gasteiger partial charge in [0.05, 0.1) is 12.3 Å². The minimum absolute atomic E-state index is 0.114. The zero-order valence-corrected chi connectivity index (χ0v) is 15.0. The van der Waals surface area contributed by atoms with Gasteiger partial charge >= 0.3 is 0 Å². The number of nitrogens with one attached hydrogen (secondary N) is 4. The van der Waals surface area contributed by atoms with Crippen LogP contribution in [-0.4, -0.2) is 24.7 Å². The van der Waals surface area contributed by atoms with Gasteiger partial charge < -0.3 is 22.1 Å². The van der Waals surface area contributed by atoms with E-state index in [2.05, 4.69) is 84.5 Å². The van der Waals surface area contributed by atoms with Crippen LogP contribution in [0.1, 0.15) is 16.7 Å². The van der Waals surface area contributed by atoms with Crippen molar-refractivity contribution in [3.05, 3.63) is 59.2 Å². The summed E-state index contributed by atoms with van der Waals surface area (Å²) in [6.07, 6.45) is -0.896.